The van der Waals surface area contributed by atoms with Crippen LogP contribution in [0, 0.1) is 17.8 Å². The molecule has 0 aromatic carbocycles. The number of nitrogens with two attached hydrogens (primary N) is 1. The van der Waals surface area contributed by atoms with Crippen LogP contribution in [0.25, 0.3) is 0 Å². The average Bonchev–Trinajstić information content (AvgIpc) is 2.93. The summed E-state index contributed by atoms with van der Waals surface area (Å²) < 4.78 is 0. The van der Waals surface area contributed by atoms with Crippen molar-refractivity contribution in [3.05, 3.63) is 10.9 Å². The third kappa shape index (κ3) is 2.94. The van der Waals surface area contributed by atoms with Crippen molar-refractivity contribution < 1.29 is 4.79 Å². The van der Waals surface area contributed by atoms with Crippen molar-refractivity contribution in [3.63, 3.8) is 0 Å². The highest BCUT2D eigenvalue weighted by Gasteiger charge is 2.27. The van der Waals surface area contributed by atoms with Crippen LogP contribution in [0.5, 0.6) is 0 Å². The van der Waals surface area contributed by atoms with Gasteiger partial charge in [-0.1, -0.05) is 27.7 Å². The van der Waals surface area contributed by atoms with Crippen LogP contribution in [0.15, 0.2) is 6.07 Å². The van der Waals surface area contributed by atoms with Crippen molar-refractivity contribution in [1.29, 1.82) is 0 Å². The molecule has 4 heteroatoms. The van der Waals surface area contributed by atoms with E-state index in [1.807, 2.05) is 19.9 Å². The fourth-order valence-electron chi connectivity index (χ4n) is 2.53. The fraction of sp³-hybridized carbons (Fsp3) is 0.667. The smallest absolute Gasteiger partial charge is 0.177 e. The van der Waals surface area contributed by atoms with Gasteiger partial charge in [0.1, 0.15) is 0 Å². The maximum atomic E-state index is 12.1. The summed E-state index contributed by atoms with van der Waals surface area (Å²) in [6.45, 7) is 10.6. The second kappa shape index (κ2) is 5.53. The average molecular weight is 280 g/mol. The number of anilines is 2. The van der Waals surface area contributed by atoms with E-state index in [9.17, 15) is 4.79 Å². The third-order valence-electron chi connectivity index (χ3n) is 3.98. The number of nitrogens with zero attached hydrogens (tertiary/aromatic N) is 1. The maximum Gasteiger partial charge on any atom is 0.177 e. The van der Waals surface area contributed by atoms with Crippen LogP contribution in [-0.4, -0.2) is 18.9 Å². The molecule has 1 unspecified atom stereocenters. The van der Waals surface area contributed by atoms with Crippen LogP contribution in [0.3, 0.4) is 0 Å². The van der Waals surface area contributed by atoms with Crippen LogP contribution >= 0.6 is 11.3 Å². The van der Waals surface area contributed by atoms with Gasteiger partial charge in [0.25, 0.3) is 0 Å². The number of thiophene rings is 1. The molecule has 19 heavy (non-hydrogen) atoms. The normalized spacial score (nSPS) is 19.7. The Bertz CT molecular complexity index is 465. The van der Waals surface area contributed by atoms with E-state index in [2.05, 4.69) is 18.7 Å². The van der Waals surface area contributed by atoms with Gasteiger partial charge in [-0.3, -0.25) is 4.79 Å². The molecular formula is C15H24N2OS. The van der Waals surface area contributed by atoms with Crippen molar-refractivity contribution in [2.24, 2.45) is 17.8 Å². The lowest BCUT2D eigenvalue weighted by Crippen LogP contribution is -2.20. The zero-order chi connectivity index (χ0) is 14.2. The molecule has 1 aliphatic rings. The summed E-state index contributed by atoms with van der Waals surface area (Å²) in [4.78, 5) is 15.2. The number of Topliss-reactive ketones (excluding diaryl/α,β-unsaturated/α-hetero) is 1. The first-order chi connectivity index (χ1) is 8.90. The van der Waals surface area contributed by atoms with Crippen molar-refractivity contribution in [2.45, 2.75) is 34.1 Å². The van der Waals surface area contributed by atoms with Crippen LogP contribution in [0.1, 0.15) is 43.8 Å². The lowest BCUT2D eigenvalue weighted by Gasteiger charge is -2.17. The summed E-state index contributed by atoms with van der Waals surface area (Å²) in [6.07, 6.45) is 1.24. The first-order valence-electron chi connectivity index (χ1n) is 7.08. The molecule has 0 amide bonds. The number of hydrogen-bond acceptors (Lipinski definition) is 4. The number of nitrogen functional groups attached to an aromatic ring is 1. The highest BCUT2D eigenvalue weighted by atomic mass is 32.1. The molecule has 0 radical (unpaired) electrons. The number of carbonyl (C=O) groups excluding carboxylic acids is 1. The third-order valence-corrected chi connectivity index (χ3v) is 5.20. The Morgan fingerprint density at radius 2 is 2.11 bits per heavy atom. The molecule has 1 atom stereocenters. The van der Waals surface area contributed by atoms with Gasteiger partial charge in [-0.2, -0.15) is 0 Å². The van der Waals surface area contributed by atoms with E-state index < -0.39 is 0 Å². The molecule has 106 valence electrons. The van der Waals surface area contributed by atoms with E-state index in [-0.39, 0.29) is 11.7 Å². The summed E-state index contributed by atoms with van der Waals surface area (Å²) in [7, 11) is 0. The fourth-order valence-corrected chi connectivity index (χ4v) is 3.74. The van der Waals surface area contributed by atoms with Crippen molar-refractivity contribution in [2.75, 3.05) is 23.7 Å². The van der Waals surface area contributed by atoms with Gasteiger partial charge in [-0.15, -0.1) is 11.3 Å². The first kappa shape index (κ1) is 14.4. The van der Waals surface area contributed by atoms with E-state index in [1.54, 1.807) is 11.3 Å². The molecule has 1 aromatic rings. The molecule has 0 spiro atoms. The predicted molar refractivity (Wildman–Crippen MR) is 83.1 cm³/mol. The summed E-state index contributed by atoms with van der Waals surface area (Å²) in [5.74, 6) is 1.65. The van der Waals surface area contributed by atoms with Crippen LogP contribution in [0.4, 0.5) is 10.7 Å². The van der Waals surface area contributed by atoms with Gasteiger partial charge >= 0.3 is 0 Å². The molecule has 0 bridgehead atoms. The van der Waals surface area contributed by atoms with Crippen LogP contribution in [-0.2, 0) is 0 Å². The first-order valence-corrected chi connectivity index (χ1v) is 7.90. The molecule has 3 nitrogen and oxygen atoms in total. The largest absolute Gasteiger partial charge is 0.397 e. The molecule has 1 fully saturated rings. The van der Waals surface area contributed by atoms with Crippen molar-refractivity contribution in [3.8, 4) is 0 Å². The zero-order valence-corrected chi connectivity index (χ0v) is 13.1. The second-order valence-corrected chi connectivity index (χ2v) is 7.16. The molecule has 2 heterocycles. The van der Waals surface area contributed by atoms with Gasteiger partial charge in [-0.25, -0.2) is 0 Å². The second-order valence-electron chi connectivity index (χ2n) is 6.13. The van der Waals surface area contributed by atoms with Gasteiger partial charge in [0.15, 0.2) is 5.78 Å². The highest BCUT2D eigenvalue weighted by Crippen LogP contribution is 2.37. The number of carbonyl (C=O) groups is 1. The Balaban J connectivity index is 2.15. The molecule has 2 N–H and O–H groups in total. The molecule has 1 aromatic heterocycles. The summed E-state index contributed by atoms with van der Waals surface area (Å²) in [6, 6.07) is 1.98. The highest BCUT2D eigenvalue weighted by molar-refractivity contribution is 7.18. The van der Waals surface area contributed by atoms with E-state index in [0.29, 0.717) is 5.69 Å². The molecule has 1 saturated heterocycles. The summed E-state index contributed by atoms with van der Waals surface area (Å²) in [5, 5.41) is 1.16. The molecule has 1 aliphatic heterocycles. The van der Waals surface area contributed by atoms with Gasteiger partial charge in [0.05, 0.1) is 15.6 Å². The molecular weight excluding hydrogens is 256 g/mol. The van der Waals surface area contributed by atoms with Crippen molar-refractivity contribution in [1.82, 2.24) is 0 Å². The lowest BCUT2D eigenvalue weighted by atomic mass is 9.95. The zero-order valence-electron chi connectivity index (χ0n) is 12.3. The minimum atomic E-state index is 0.00999. The molecule has 0 aliphatic carbocycles. The van der Waals surface area contributed by atoms with Gasteiger partial charge in [-0.05, 0) is 24.3 Å². The lowest BCUT2D eigenvalue weighted by molar-refractivity contribution is 0.0944. The molecule has 2 rings (SSSR count). The molecule has 0 saturated carbocycles. The predicted octanol–water partition coefficient (Wildman–Crippen LogP) is 3.65. The Morgan fingerprint density at radius 3 is 2.63 bits per heavy atom. The van der Waals surface area contributed by atoms with Crippen molar-refractivity contribution >= 4 is 27.8 Å². The number of ketones is 1. The Morgan fingerprint density at radius 1 is 1.42 bits per heavy atom. The monoisotopic (exact) mass is 280 g/mol. The maximum absolute atomic E-state index is 12.1. The Kier molecular flexibility index (Phi) is 4.19. The van der Waals surface area contributed by atoms with Gasteiger partial charge in [0, 0.05) is 19.0 Å². The minimum absolute atomic E-state index is 0.00999. The Labute approximate surface area is 119 Å². The number of hydrogen-bond donors (Lipinski definition) is 1. The van der Waals surface area contributed by atoms with Crippen LogP contribution in [0.2, 0.25) is 0 Å². The standard InChI is InChI=1S/C15H24N2OS/c1-9(2)11-5-6-17(8-11)13-7-12(16)15(19-13)14(18)10(3)4/h7,9-11H,5-6,8,16H2,1-4H3. The SMILES string of the molecule is CC(C)C(=O)c1sc(N2CCC(C(C)C)C2)cc1N. The summed E-state index contributed by atoms with van der Waals surface area (Å²) >= 11 is 1.56. The Hall–Kier alpha value is -1.03. The van der Waals surface area contributed by atoms with Gasteiger partial charge < -0.3 is 10.6 Å². The topological polar surface area (TPSA) is 46.3 Å². The quantitative estimate of drug-likeness (QED) is 0.856. The summed E-state index contributed by atoms with van der Waals surface area (Å²) in [5.41, 5.74) is 6.65. The van der Waals surface area contributed by atoms with Gasteiger partial charge in [0.2, 0.25) is 0 Å². The minimum Gasteiger partial charge on any atom is -0.397 e. The van der Waals surface area contributed by atoms with E-state index in [4.69, 9.17) is 5.73 Å². The van der Waals surface area contributed by atoms with E-state index in [1.165, 1.54) is 6.42 Å². The van der Waals surface area contributed by atoms with E-state index >= 15 is 0 Å². The van der Waals surface area contributed by atoms with E-state index in [0.717, 1.165) is 34.8 Å². The number of rotatable bonds is 4. The van der Waals surface area contributed by atoms with Crippen LogP contribution < -0.4 is 10.6 Å².